The van der Waals surface area contributed by atoms with Crippen LogP contribution in [0.25, 0.3) is 0 Å². The van der Waals surface area contributed by atoms with E-state index in [1.54, 1.807) is 13.3 Å². The van der Waals surface area contributed by atoms with Crippen molar-refractivity contribution in [3.63, 3.8) is 0 Å². The van der Waals surface area contributed by atoms with Crippen molar-refractivity contribution >= 4 is 29.9 Å². The van der Waals surface area contributed by atoms with Crippen LogP contribution in [0.5, 0.6) is 0 Å². The van der Waals surface area contributed by atoms with E-state index in [1.807, 2.05) is 26.2 Å². The summed E-state index contributed by atoms with van der Waals surface area (Å²) < 4.78 is 5.55. The SMILES string of the molecule is CN=C(NCC(C)c1ccc(C)cc1)NCC(c1ccco1)N(C)C.I. The third-order valence-corrected chi connectivity index (χ3v) is 4.40. The van der Waals surface area contributed by atoms with Crippen LogP contribution in [0.3, 0.4) is 0 Å². The van der Waals surface area contributed by atoms with E-state index >= 15 is 0 Å². The predicted molar refractivity (Wildman–Crippen MR) is 120 cm³/mol. The summed E-state index contributed by atoms with van der Waals surface area (Å²) >= 11 is 0. The number of halogens is 1. The Hall–Kier alpha value is -1.54. The van der Waals surface area contributed by atoms with Gasteiger partial charge in [-0.1, -0.05) is 36.8 Å². The molecule has 0 amide bonds. The maximum atomic E-state index is 5.55. The van der Waals surface area contributed by atoms with Crippen LogP contribution in [0, 0.1) is 6.92 Å². The Kier molecular flexibility index (Phi) is 9.72. The van der Waals surface area contributed by atoms with Gasteiger partial charge in [0.15, 0.2) is 5.96 Å². The molecule has 0 aliphatic carbocycles. The lowest BCUT2D eigenvalue weighted by Gasteiger charge is -2.24. The Morgan fingerprint density at radius 1 is 1.12 bits per heavy atom. The van der Waals surface area contributed by atoms with Crippen LogP contribution < -0.4 is 10.6 Å². The molecule has 144 valence electrons. The van der Waals surface area contributed by atoms with E-state index in [1.165, 1.54) is 11.1 Å². The van der Waals surface area contributed by atoms with E-state index < -0.39 is 0 Å². The van der Waals surface area contributed by atoms with Crippen molar-refractivity contribution in [2.24, 2.45) is 4.99 Å². The van der Waals surface area contributed by atoms with Crippen molar-refractivity contribution in [3.8, 4) is 0 Å². The number of furan rings is 1. The van der Waals surface area contributed by atoms with Gasteiger partial charge in [0.1, 0.15) is 5.76 Å². The van der Waals surface area contributed by atoms with Gasteiger partial charge in [-0.15, -0.1) is 24.0 Å². The number of guanidine groups is 1. The van der Waals surface area contributed by atoms with Gasteiger partial charge in [0, 0.05) is 20.1 Å². The zero-order valence-electron chi connectivity index (χ0n) is 16.3. The first-order valence-electron chi connectivity index (χ1n) is 8.72. The molecule has 2 atom stereocenters. The summed E-state index contributed by atoms with van der Waals surface area (Å²) in [5.41, 5.74) is 2.62. The largest absolute Gasteiger partial charge is 0.468 e. The van der Waals surface area contributed by atoms with Crippen molar-refractivity contribution in [1.29, 1.82) is 0 Å². The maximum Gasteiger partial charge on any atom is 0.191 e. The van der Waals surface area contributed by atoms with E-state index in [0.29, 0.717) is 5.92 Å². The molecule has 0 radical (unpaired) electrons. The Labute approximate surface area is 174 Å². The van der Waals surface area contributed by atoms with E-state index in [2.05, 4.69) is 58.6 Å². The predicted octanol–water partition coefficient (Wildman–Crippen LogP) is 3.78. The zero-order valence-corrected chi connectivity index (χ0v) is 18.7. The second-order valence-electron chi connectivity index (χ2n) is 6.64. The van der Waals surface area contributed by atoms with Crippen LogP contribution in [0.4, 0.5) is 0 Å². The molecule has 0 saturated carbocycles. The minimum absolute atomic E-state index is 0. The number of nitrogens with one attached hydrogen (secondary N) is 2. The van der Waals surface area contributed by atoms with Crippen molar-refractivity contribution in [2.45, 2.75) is 25.8 Å². The van der Waals surface area contributed by atoms with Gasteiger partial charge in [-0.3, -0.25) is 9.89 Å². The zero-order chi connectivity index (χ0) is 18.2. The highest BCUT2D eigenvalue weighted by atomic mass is 127. The van der Waals surface area contributed by atoms with Gasteiger partial charge in [-0.25, -0.2) is 0 Å². The molecule has 2 N–H and O–H groups in total. The number of likely N-dealkylation sites (N-methyl/N-ethyl adjacent to an activating group) is 1. The number of hydrogen-bond acceptors (Lipinski definition) is 3. The molecule has 6 heteroatoms. The Bertz CT molecular complexity index is 653. The topological polar surface area (TPSA) is 52.8 Å². The average Bonchev–Trinajstić information content (AvgIpc) is 3.12. The lowest BCUT2D eigenvalue weighted by atomic mass is 10.0. The molecule has 0 spiro atoms. The molecule has 5 nitrogen and oxygen atoms in total. The first-order chi connectivity index (χ1) is 12.0. The van der Waals surface area contributed by atoms with Crippen molar-refractivity contribution in [2.75, 3.05) is 34.2 Å². The van der Waals surface area contributed by atoms with Crippen LogP contribution in [0.2, 0.25) is 0 Å². The molecule has 2 unspecified atom stereocenters. The molecule has 1 heterocycles. The number of rotatable bonds is 7. The fourth-order valence-corrected chi connectivity index (χ4v) is 2.70. The smallest absolute Gasteiger partial charge is 0.191 e. The minimum atomic E-state index is 0. The minimum Gasteiger partial charge on any atom is -0.468 e. The molecule has 0 bridgehead atoms. The maximum absolute atomic E-state index is 5.55. The number of hydrogen-bond donors (Lipinski definition) is 2. The first-order valence-corrected chi connectivity index (χ1v) is 8.72. The summed E-state index contributed by atoms with van der Waals surface area (Å²) in [6, 6.07) is 12.8. The molecular formula is C20H31IN4O. The number of benzene rings is 1. The fourth-order valence-electron chi connectivity index (χ4n) is 2.70. The van der Waals surface area contributed by atoms with Crippen molar-refractivity contribution in [1.82, 2.24) is 15.5 Å². The van der Waals surface area contributed by atoms with Crippen LogP contribution in [0.15, 0.2) is 52.1 Å². The number of aliphatic imine (C=N–C) groups is 1. The highest BCUT2D eigenvalue weighted by molar-refractivity contribution is 14.0. The monoisotopic (exact) mass is 470 g/mol. The molecule has 0 fully saturated rings. The van der Waals surface area contributed by atoms with Crippen LogP contribution in [-0.4, -0.2) is 45.1 Å². The Balaban J connectivity index is 0.00000338. The summed E-state index contributed by atoms with van der Waals surface area (Å²) in [7, 11) is 5.89. The van der Waals surface area contributed by atoms with Crippen LogP contribution in [-0.2, 0) is 0 Å². The Morgan fingerprint density at radius 3 is 2.31 bits per heavy atom. The van der Waals surface area contributed by atoms with Crippen molar-refractivity contribution < 1.29 is 4.42 Å². The lowest BCUT2D eigenvalue weighted by molar-refractivity contribution is 0.258. The van der Waals surface area contributed by atoms with E-state index in [0.717, 1.165) is 24.8 Å². The molecular weight excluding hydrogens is 439 g/mol. The van der Waals surface area contributed by atoms with E-state index in [4.69, 9.17) is 4.42 Å². The van der Waals surface area contributed by atoms with Gasteiger partial charge in [-0.05, 0) is 44.6 Å². The van der Waals surface area contributed by atoms with Gasteiger partial charge in [-0.2, -0.15) is 0 Å². The van der Waals surface area contributed by atoms with Gasteiger partial charge >= 0.3 is 0 Å². The van der Waals surface area contributed by atoms with E-state index in [9.17, 15) is 0 Å². The summed E-state index contributed by atoms with van der Waals surface area (Å²) in [5.74, 6) is 2.16. The molecule has 1 aromatic heterocycles. The van der Waals surface area contributed by atoms with Gasteiger partial charge in [0.25, 0.3) is 0 Å². The quantitative estimate of drug-likeness (QED) is 0.368. The molecule has 2 aromatic rings. The summed E-state index contributed by atoms with van der Waals surface area (Å²) in [6.45, 7) is 5.88. The lowest BCUT2D eigenvalue weighted by Crippen LogP contribution is -2.42. The van der Waals surface area contributed by atoms with Crippen LogP contribution in [0.1, 0.15) is 35.8 Å². The molecule has 0 aliphatic heterocycles. The third kappa shape index (κ3) is 6.64. The molecule has 0 saturated heterocycles. The van der Waals surface area contributed by atoms with E-state index in [-0.39, 0.29) is 30.0 Å². The van der Waals surface area contributed by atoms with Crippen LogP contribution >= 0.6 is 24.0 Å². The fraction of sp³-hybridized carbons (Fsp3) is 0.450. The summed E-state index contributed by atoms with van der Waals surface area (Å²) in [5, 5.41) is 6.80. The summed E-state index contributed by atoms with van der Waals surface area (Å²) in [6.07, 6.45) is 1.71. The molecule has 1 aromatic carbocycles. The normalized spacial score (nSPS) is 13.8. The molecule has 2 rings (SSSR count). The second kappa shape index (κ2) is 11.2. The standard InChI is InChI=1S/C20H30N4O.HI/c1-15-8-10-17(11-9-15)16(2)13-22-20(21-3)23-14-18(24(4)5)19-7-6-12-25-19;/h6-12,16,18H,13-14H2,1-5H3,(H2,21,22,23);1H. The first kappa shape index (κ1) is 22.5. The van der Waals surface area contributed by atoms with Crippen molar-refractivity contribution in [3.05, 3.63) is 59.5 Å². The molecule has 0 aliphatic rings. The molecule has 26 heavy (non-hydrogen) atoms. The van der Waals surface area contributed by atoms with Gasteiger partial charge in [0.2, 0.25) is 0 Å². The Morgan fingerprint density at radius 2 is 1.77 bits per heavy atom. The second-order valence-corrected chi connectivity index (χ2v) is 6.64. The van der Waals surface area contributed by atoms with Gasteiger partial charge < -0.3 is 15.1 Å². The third-order valence-electron chi connectivity index (χ3n) is 4.40. The number of aryl methyl sites for hydroxylation is 1. The highest BCUT2D eigenvalue weighted by Crippen LogP contribution is 2.17. The average molecular weight is 470 g/mol. The summed E-state index contributed by atoms with van der Waals surface area (Å²) in [4.78, 5) is 6.46. The van der Waals surface area contributed by atoms with Gasteiger partial charge in [0.05, 0.1) is 12.3 Å². The number of nitrogens with zero attached hydrogens (tertiary/aromatic N) is 2. The highest BCUT2D eigenvalue weighted by Gasteiger charge is 2.17.